The van der Waals surface area contributed by atoms with Gasteiger partial charge in [-0.15, -0.1) is 0 Å². The van der Waals surface area contributed by atoms with Crippen LogP contribution in [0.1, 0.15) is 79.2 Å². The molecule has 0 aliphatic heterocycles. The number of hydrogen-bond donors (Lipinski definition) is 0. The molecule has 12 nitrogen and oxygen atoms in total. The van der Waals surface area contributed by atoms with Crippen LogP contribution >= 0.6 is 0 Å². The molecule has 0 bridgehead atoms. The fourth-order valence-electron chi connectivity index (χ4n) is 16.6. The average molecular weight is 1910 g/mol. The highest BCUT2D eigenvalue weighted by atomic mass is 16.1. The lowest BCUT2D eigenvalue weighted by atomic mass is 10.0. The zero-order valence-electron chi connectivity index (χ0n) is 83.1. The van der Waals surface area contributed by atoms with Crippen molar-refractivity contribution < 1.29 is 0 Å². The van der Waals surface area contributed by atoms with Crippen molar-refractivity contribution in [1.82, 2.24) is 28.2 Å². The predicted molar refractivity (Wildman–Crippen MR) is 618 cm³/mol. The lowest BCUT2D eigenvalue weighted by Gasteiger charge is -2.06. The number of rotatable bonds is 5. The number of pyridine rings is 3. The van der Waals surface area contributed by atoms with E-state index in [1.165, 1.54) is 61.2 Å². The van der Waals surface area contributed by atoms with E-state index >= 15 is 0 Å². The van der Waals surface area contributed by atoms with E-state index in [2.05, 4.69) is 250 Å². The third kappa shape index (κ3) is 27.0. The maximum Gasteiger partial charge on any atom is 0.264 e. The van der Waals surface area contributed by atoms with Gasteiger partial charge in [0.1, 0.15) is 16.9 Å². The summed E-state index contributed by atoms with van der Waals surface area (Å²) in [5.41, 5.74) is 21.8. The van der Waals surface area contributed by atoms with E-state index in [-0.39, 0.29) is 16.7 Å². The van der Waals surface area contributed by atoms with E-state index in [4.69, 9.17) is 17.1 Å². The lowest BCUT2D eigenvalue weighted by molar-refractivity contribution is 1.14. The lowest BCUT2D eigenvalue weighted by Crippen LogP contribution is -2.13. The molecular weight excluding hydrogens is 1800 g/mol. The third-order valence-electron chi connectivity index (χ3n) is 24.1. The molecule has 0 aliphatic carbocycles. The van der Waals surface area contributed by atoms with Gasteiger partial charge in [-0.25, -0.2) is 19.8 Å². The molecule has 0 saturated heterocycles. The second-order valence-corrected chi connectivity index (χ2v) is 34.8. The molecule has 712 valence electrons. The minimum atomic E-state index is -0.0890. The van der Waals surface area contributed by atoms with Crippen molar-refractivity contribution in [2.75, 3.05) is 0 Å². The Morgan fingerprint density at radius 2 is 0.497 bits per heavy atom. The van der Waals surface area contributed by atoms with Gasteiger partial charge in [0.2, 0.25) is 0 Å². The summed E-state index contributed by atoms with van der Waals surface area (Å²) in [6.45, 7) is 21.8. The van der Waals surface area contributed by atoms with Crippen molar-refractivity contribution in [2.24, 2.45) is 0 Å². The van der Waals surface area contributed by atoms with Crippen LogP contribution in [0.2, 0.25) is 0 Å². The minimum absolute atomic E-state index is 0.0727. The monoisotopic (exact) mass is 1900 g/mol. The molecule has 0 unspecified atom stereocenters. The molecule has 0 N–H and O–H groups in total. The SMILES string of the molecule is C(=C/c1ccccc1)/c1ccccc1.C(=C/c1ccccc1)/c1ccccc1.CCc1ccccc1.Cc1ccccc1.Cc1ccccc1.Cc1ccccc1.Cc1ccccc1.Cc1ccccc1.Cc1ccccc1.N#Cc1ccc2c(c1)nc1c3cccc4cccc(c(=O)n21)c43.N#Cc1ccc2c(c1)nc1c3cccc4cccc(c(=O)n21)c43.[C-]#[N+]c1ccc2nc3c4cccc5cccc(c(=O)n3c2c1)c54. The fraction of sp³-hybridized carbons (Fsp3) is 0.0593. The number of hydrogen-bond acceptors (Lipinski definition) is 8. The summed E-state index contributed by atoms with van der Waals surface area (Å²) < 4.78 is 4.92. The molecular formula is C135H109N9O3. The molecule has 6 heterocycles. The number of fused-ring (bicyclic) bond motifs is 12. The number of benzene rings is 20. The first-order chi connectivity index (χ1) is 72.0. The molecule has 0 aliphatic rings. The summed E-state index contributed by atoms with van der Waals surface area (Å²) in [7, 11) is 0. The molecule has 12 heteroatoms. The van der Waals surface area contributed by atoms with Crippen LogP contribution in [0.3, 0.4) is 0 Å². The van der Waals surface area contributed by atoms with Crippen LogP contribution in [0.15, 0.2) is 512 Å². The Hall–Kier alpha value is -19.5. The first-order valence-corrected chi connectivity index (χ1v) is 48.7. The van der Waals surface area contributed by atoms with E-state index in [1.54, 1.807) is 67.8 Å². The van der Waals surface area contributed by atoms with Gasteiger partial charge in [0.25, 0.3) is 16.7 Å². The second-order valence-electron chi connectivity index (χ2n) is 34.8. The van der Waals surface area contributed by atoms with Crippen LogP contribution in [0.4, 0.5) is 5.69 Å². The number of imidazole rings is 3. The number of nitriles is 2. The minimum Gasteiger partial charge on any atom is -0.268 e. The van der Waals surface area contributed by atoms with Gasteiger partial charge >= 0.3 is 0 Å². The summed E-state index contributed by atoms with van der Waals surface area (Å²) in [4.78, 5) is 56.3. The molecule has 6 aromatic heterocycles. The highest BCUT2D eigenvalue weighted by Gasteiger charge is 2.20. The molecule has 0 atom stereocenters. The maximum absolute atomic E-state index is 13.0. The number of nitrogens with zero attached hydrogens (tertiary/aromatic N) is 9. The van der Waals surface area contributed by atoms with Gasteiger partial charge in [-0.2, -0.15) is 10.5 Å². The Morgan fingerprint density at radius 1 is 0.259 bits per heavy atom. The predicted octanol–water partition coefficient (Wildman–Crippen LogP) is 33.0. The van der Waals surface area contributed by atoms with Crippen LogP contribution in [0, 0.1) is 70.8 Å². The Bertz CT molecular complexity index is 8380. The first kappa shape index (κ1) is 102. The fourth-order valence-corrected chi connectivity index (χ4v) is 16.6. The van der Waals surface area contributed by atoms with Gasteiger partial charge in [0, 0.05) is 48.5 Å². The standard InChI is InChI=1S/3C19H9N3O.2C14H12.C8H10.6C7H8/c1-20-12-8-9-15-16(10-12)22-18(21-15)13-6-2-4-11-5-3-7-14(17(11)13)19(22)23;2*20-10-11-7-8-16-15(9-11)21-18-13-5-1-3-12-4-2-6-14(17(12)13)19(23)22(16)18;2*1-3-7-13(8-4-1)11-12-14-9-5-2-6-10-14;1-2-8-6-4-3-5-7-8;6*1-7-5-3-2-4-6-7/h2-10H;2*1-9H;2*1-12H;3-7H,2H2,1H3;6*2-6H,1H3/b;;;2*12-11-;;;;;;;. The molecule has 26 aromatic rings. The van der Waals surface area contributed by atoms with Crippen molar-refractivity contribution in [2.45, 2.75) is 54.9 Å². The van der Waals surface area contributed by atoms with E-state index in [0.717, 1.165) is 71.4 Å². The average Bonchev–Trinajstić information content (AvgIpc) is 1.61. The smallest absolute Gasteiger partial charge is 0.264 e. The zero-order valence-corrected chi connectivity index (χ0v) is 83.1. The summed E-state index contributed by atoms with van der Waals surface area (Å²) in [6, 6.07) is 168. The van der Waals surface area contributed by atoms with Crippen LogP contribution in [-0.4, -0.2) is 28.2 Å². The molecule has 26 rings (SSSR count). The second kappa shape index (κ2) is 51.6. The Kier molecular flexibility index (Phi) is 35.8. The van der Waals surface area contributed by atoms with Crippen LogP contribution in [0.25, 0.3) is 144 Å². The van der Waals surface area contributed by atoms with Crippen LogP contribution in [0.5, 0.6) is 0 Å². The van der Waals surface area contributed by atoms with Gasteiger partial charge < -0.3 is 0 Å². The van der Waals surface area contributed by atoms with Crippen LogP contribution in [-0.2, 0) is 6.42 Å². The first-order valence-electron chi connectivity index (χ1n) is 48.7. The van der Waals surface area contributed by atoms with Crippen molar-refractivity contribution in [3.05, 3.63) is 612 Å². The normalized spacial score (nSPS) is 10.4. The Balaban J connectivity index is 0.000000124. The molecule has 0 radical (unpaired) electrons. The summed E-state index contributed by atoms with van der Waals surface area (Å²) >= 11 is 0. The summed E-state index contributed by atoms with van der Waals surface area (Å²) in [5.74, 6) is 0. The van der Waals surface area contributed by atoms with Crippen molar-refractivity contribution in [1.29, 1.82) is 10.5 Å². The molecule has 0 amide bonds. The molecule has 0 fully saturated rings. The largest absolute Gasteiger partial charge is 0.268 e. The van der Waals surface area contributed by atoms with Gasteiger partial charge in [-0.1, -0.05) is 495 Å². The highest BCUT2D eigenvalue weighted by molar-refractivity contribution is 6.18. The van der Waals surface area contributed by atoms with Gasteiger partial charge in [-0.05, 0) is 159 Å². The zero-order chi connectivity index (χ0) is 102. The van der Waals surface area contributed by atoms with Crippen molar-refractivity contribution >= 4 is 145 Å². The van der Waals surface area contributed by atoms with Gasteiger partial charge in [0.05, 0.1) is 62.9 Å². The molecule has 20 aromatic carbocycles. The van der Waals surface area contributed by atoms with Gasteiger partial charge in [0.15, 0.2) is 5.69 Å². The molecule has 0 spiro atoms. The van der Waals surface area contributed by atoms with E-state index < -0.39 is 0 Å². The molecule has 0 saturated carbocycles. The van der Waals surface area contributed by atoms with E-state index in [0.29, 0.717) is 66.5 Å². The number of aryl methyl sites for hydroxylation is 7. The maximum atomic E-state index is 13.0. The Labute approximate surface area is 856 Å². The summed E-state index contributed by atoms with van der Waals surface area (Å²) in [5, 5.41) is 29.0. The van der Waals surface area contributed by atoms with E-state index in [9.17, 15) is 14.4 Å². The van der Waals surface area contributed by atoms with Crippen molar-refractivity contribution in [3.8, 4) is 12.1 Å². The van der Waals surface area contributed by atoms with Crippen LogP contribution < -0.4 is 16.7 Å². The van der Waals surface area contributed by atoms with Gasteiger partial charge in [-0.3, -0.25) is 27.6 Å². The van der Waals surface area contributed by atoms with E-state index in [1.807, 2.05) is 297 Å². The quantitative estimate of drug-likeness (QED) is 0.122. The Morgan fingerprint density at radius 3 is 0.728 bits per heavy atom. The molecule has 147 heavy (non-hydrogen) atoms. The van der Waals surface area contributed by atoms with Crippen molar-refractivity contribution in [3.63, 3.8) is 0 Å². The number of aromatic nitrogens is 6. The topological polar surface area (TPSA) is 155 Å². The third-order valence-corrected chi connectivity index (χ3v) is 24.1. The highest BCUT2D eigenvalue weighted by Crippen LogP contribution is 2.34. The summed E-state index contributed by atoms with van der Waals surface area (Å²) in [6.07, 6.45) is 9.62.